The van der Waals surface area contributed by atoms with Crippen LogP contribution in [0.25, 0.3) is 10.9 Å². The van der Waals surface area contributed by atoms with E-state index < -0.39 is 64.4 Å². The minimum atomic E-state index is -4.98. The molecular formula is C29H37N6O10S2+. The standard InChI is InChI=1S/C29H36N6O10S2/c1-16-5-7-18(8-6-16)34-13-17-11-19(9-10-22(17)33(34)4)43-14-24(27(38)39)44-32-25(21-15-46-28(30)31-21)23(36)12-20-26(37)35(29(20,2)3)45-47(40,41)42/h9-11,13,15-16,18,20,24H,5-8,12,14H2,1-4H3,(H3-,30,31,38,39,40,41,42)/p+1/b32-25-/t16?,18?,20-,24+/m1/s1. The Morgan fingerprint density at radius 1 is 1.26 bits per heavy atom. The summed E-state index contributed by atoms with van der Waals surface area (Å²) in [5.41, 5.74) is 5.03. The third-order valence-electron chi connectivity index (χ3n) is 8.73. The van der Waals surface area contributed by atoms with Crippen molar-refractivity contribution in [3.8, 4) is 5.75 Å². The number of benzene rings is 1. The average molecular weight is 694 g/mol. The summed E-state index contributed by atoms with van der Waals surface area (Å²) in [6.45, 7) is 4.70. The number of amides is 1. The number of β-lactam (4-membered cyclic amide) rings is 1. The van der Waals surface area contributed by atoms with Gasteiger partial charge in [0, 0.05) is 24.6 Å². The van der Waals surface area contributed by atoms with E-state index in [0.717, 1.165) is 41.0 Å². The highest BCUT2D eigenvalue weighted by Crippen LogP contribution is 2.40. The van der Waals surface area contributed by atoms with Crippen molar-refractivity contribution in [2.45, 2.75) is 70.6 Å². The lowest BCUT2D eigenvalue weighted by atomic mass is 9.74. The summed E-state index contributed by atoms with van der Waals surface area (Å²) in [6, 6.07) is 5.85. The third kappa shape index (κ3) is 7.39. The highest BCUT2D eigenvalue weighted by atomic mass is 32.3. The molecule has 5 rings (SSSR count). The average Bonchev–Trinajstić information content (AvgIpc) is 3.58. The first-order chi connectivity index (χ1) is 22.0. The third-order valence-corrected chi connectivity index (χ3v) is 9.75. The second kappa shape index (κ2) is 13.2. The number of aryl methyl sites for hydroxylation is 1. The van der Waals surface area contributed by atoms with Crippen molar-refractivity contribution in [2.75, 3.05) is 12.3 Å². The van der Waals surface area contributed by atoms with E-state index in [1.54, 1.807) is 6.07 Å². The van der Waals surface area contributed by atoms with E-state index in [1.165, 1.54) is 32.1 Å². The summed E-state index contributed by atoms with van der Waals surface area (Å²) >= 11 is 1.00. The quantitative estimate of drug-likeness (QED) is 0.0774. The van der Waals surface area contributed by atoms with Crippen molar-refractivity contribution in [1.29, 1.82) is 0 Å². The number of aliphatic carboxylic acids is 1. The van der Waals surface area contributed by atoms with Gasteiger partial charge in [0.15, 0.2) is 22.7 Å². The zero-order chi connectivity index (χ0) is 34.3. The molecular weight excluding hydrogens is 656 g/mol. The molecule has 254 valence electrons. The number of carbonyl (C=O) groups is 3. The Balaban J connectivity index is 1.29. The predicted molar refractivity (Wildman–Crippen MR) is 168 cm³/mol. The topological polar surface area (TPSA) is 217 Å². The van der Waals surface area contributed by atoms with Crippen molar-refractivity contribution < 1.29 is 51.0 Å². The van der Waals surface area contributed by atoms with Crippen LogP contribution in [-0.2, 0) is 41.0 Å². The molecule has 0 unspecified atom stereocenters. The molecule has 1 saturated carbocycles. The number of carbonyl (C=O) groups excluding carboxylic acids is 2. The fraction of sp³-hybridized carbons (Fsp3) is 0.517. The van der Waals surface area contributed by atoms with Gasteiger partial charge in [-0.1, -0.05) is 12.1 Å². The van der Waals surface area contributed by atoms with Crippen LogP contribution in [-0.4, -0.2) is 74.4 Å². The molecule has 0 spiro atoms. The second-order valence-electron chi connectivity index (χ2n) is 12.4. The zero-order valence-corrected chi connectivity index (χ0v) is 27.9. The molecule has 1 amide bonds. The molecule has 2 atom stereocenters. The first kappa shape index (κ1) is 34.2. The maximum atomic E-state index is 13.4. The number of ketones is 1. The van der Waals surface area contributed by atoms with Crippen molar-refractivity contribution in [3.05, 3.63) is 35.5 Å². The van der Waals surface area contributed by atoms with Crippen LogP contribution in [0.4, 0.5) is 5.13 Å². The summed E-state index contributed by atoms with van der Waals surface area (Å²) in [7, 11) is -2.98. The zero-order valence-electron chi connectivity index (χ0n) is 26.2. The van der Waals surface area contributed by atoms with Crippen LogP contribution >= 0.6 is 11.3 Å². The van der Waals surface area contributed by atoms with E-state index in [0.29, 0.717) is 16.9 Å². The largest absolute Gasteiger partial charge is 0.489 e. The first-order valence-electron chi connectivity index (χ1n) is 14.9. The maximum Gasteiger partial charge on any atom is 0.418 e. The van der Waals surface area contributed by atoms with Gasteiger partial charge in [-0.05, 0) is 50.8 Å². The minimum absolute atomic E-state index is 0.00608. The van der Waals surface area contributed by atoms with Gasteiger partial charge in [0.25, 0.3) is 12.0 Å². The maximum absolute atomic E-state index is 13.4. The van der Waals surface area contributed by atoms with Crippen molar-refractivity contribution >= 4 is 61.1 Å². The van der Waals surface area contributed by atoms with Crippen LogP contribution in [0, 0.1) is 11.8 Å². The number of rotatable bonds is 13. The number of oxime groups is 1. The Kier molecular flexibility index (Phi) is 9.59. The van der Waals surface area contributed by atoms with Crippen molar-refractivity contribution in [2.24, 2.45) is 24.0 Å². The number of carboxylic acids is 1. The highest BCUT2D eigenvalue weighted by molar-refractivity contribution is 7.80. The molecule has 1 aromatic carbocycles. The number of ether oxygens (including phenoxy) is 1. The number of nitrogens with zero attached hydrogens (tertiary/aromatic N) is 5. The number of carboxylic acid groups (broad SMARTS) is 1. The fourth-order valence-electron chi connectivity index (χ4n) is 5.95. The molecule has 3 aromatic rings. The fourth-order valence-corrected chi connectivity index (χ4v) is 6.95. The summed E-state index contributed by atoms with van der Waals surface area (Å²) in [4.78, 5) is 47.4. The van der Waals surface area contributed by atoms with Gasteiger partial charge in [-0.25, -0.2) is 9.78 Å². The number of anilines is 1. The van der Waals surface area contributed by atoms with E-state index >= 15 is 0 Å². The van der Waals surface area contributed by atoms with E-state index in [9.17, 15) is 27.9 Å². The lowest BCUT2D eigenvalue weighted by Gasteiger charge is -2.50. The van der Waals surface area contributed by atoms with Gasteiger partial charge in [0.05, 0.1) is 23.9 Å². The Bertz CT molecular complexity index is 1830. The SMILES string of the molecule is CC1CCC([n+]2cc3cc(OC[C@H](O/N=C(\C(=O)C[C@@H]4C(=O)N(OS(=O)(=O)O)C4(C)C)c4csc(N)n4)C(=O)O)ccc3n2C)CC1. The van der Waals surface area contributed by atoms with E-state index in [-0.39, 0.29) is 10.8 Å². The smallest absolute Gasteiger partial charge is 0.418 e. The number of hydroxylamine groups is 2. The number of hydrogen-bond acceptors (Lipinski definition) is 12. The second-order valence-corrected chi connectivity index (χ2v) is 14.3. The highest BCUT2D eigenvalue weighted by Gasteiger charge is 2.57. The molecule has 2 fully saturated rings. The summed E-state index contributed by atoms with van der Waals surface area (Å²) in [5, 5.41) is 16.6. The number of hydrogen-bond donors (Lipinski definition) is 3. The number of thiazole rings is 1. The van der Waals surface area contributed by atoms with Gasteiger partial charge in [0.1, 0.15) is 23.6 Å². The van der Waals surface area contributed by atoms with Gasteiger partial charge >= 0.3 is 16.4 Å². The Morgan fingerprint density at radius 2 is 1.96 bits per heavy atom. The molecule has 3 heterocycles. The molecule has 4 N–H and O–H groups in total. The number of nitrogen functional groups attached to an aromatic ring is 1. The summed E-state index contributed by atoms with van der Waals surface area (Å²) in [5.74, 6) is -2.96. The van der Waals surface area contributed by atoms with Gasteiger partial charge in [-0.2, -0.15) is 18.2 Å². The van der Waals surface area contributed by atoms with Gasteiger partial charge in [-0.3, -0.25) is 14.1 Å². The number of Topliss-reactive ketones (excluding diaryl/α,β-unsaturated/α-hetero) is 1. The molecule has 1 aliphatic heterocycles. The molecule has 2 aromatic heterocycles. The first-order valence-corrected chi connectivity index (χ1v) is 17.2. The molecule has 2 aliphatic rings. The van der Waals surface area contributed by atoms with Crippen LogP contribution < -0.4 is 15.2 Å². The van der Waals surface area contributed by atoms with Crippen LogP contribution in [0.2, 0.25) is 0 Å². The Hall–Kier alpha value is -4.13. The van der Waals surface area contributed by atoms with Gasteiger partial charge in [-0.15, -0.1) is 20.3 Å². The number of aromatic nitrogens is 3. The van der Waals surface area contributed by atoms with E-state index in [4.69, 9.17) is 19.9 Å². The van der Waals surface area contributed by atoms with Crippen LogP contribution in [0.3, 0.4) is 0 Å². The van der Waals surface area contributed by atoms with Crippen LogP contribution in [0.1, 0.15) is 64.6 Å². The molecule has 47 heavy (non-hydrogen) atoms. The molecule has 0 bridgehead atoms. The predicted octanol–water partition coefficient (Wildman–Crippen LogP) is 2.44. The van der Waals surface area contributed by atoms with E-state index in [1.807, 2.05) is 19.2 Å². The Morgan fingerprint density at radius 3 is 2.55 bits per heavy atom. The molecule has 16 nitrogen and oxygen atoms in total. The minimum Gasteiger partial charge on any atom is -0.489 e. The summed E-state index contributed by atoms with van der Waals surface area (Å²) in [6.07, 6.45) is 4.51. The number of nitrogens with two attached hydrogens (primary N) is 1. The normalized spacial score (nSPS) is 22.1. The van der Waals surface area contributed by atoms with Crippen LogP contribution in [0.15, 0.2) is 34.9 Å². The number of fused-ring (bicyclic) bond motifs is 1. The van der Waals surface area contributed by atoms with E-state index in [2.05, 4.69) is 36.9 Å². The van der Waals surface area contributed by atoms with Crippen molar-refractivity contribution in [3.63, 3.8) is 0 Å². The monoisotopic (exact) mass is 693 g/mol. The lowest BCUT2D eigenvalue weighted by molar-refractivity contribution is -0.796. The Labute approximate surface area is 274 Å². The van der Waals surface area contributed by atoms with Gasteiger partial charge < -0.3 is 20.4 Å². The van der Waals surface area contributed by atoms with Gasteiger partial charge in [0.2, 0.25) is 6.20 Å². The molecule has 18 heteroatoms. The molecule has 1 aliphatic carbocycles. The summed E-state index contributed by atoms with van der Waals surface area (Å²) < 4.78 is 45.7. The van der Waals surface area contributed by atoms with Crippen molar-refractivity contribution in [1.82, 2.24) is 14.7 Å². The molecule has 1 saturated heterocycles. The molecule has 0 radical (unpaired) electrons. The lowest BCUT2D eigenvalue weighted by Crippen LogP contribution is -2.68. The van der Waals surface area contributed by atoms with Crippen LogP contribution in [0.5, 0.6) is 5.75 Å².